The van der Waals surface area contributed by atoms with Crippen molar-refractivity contribution in [2.24, 2.45) is 0 Å². The van der Waals surface area contributed by atoms with Crippen LogP contribution < -0.4 is 4.90 Å². The van der Waals surface area contributed by atoms with E-state index in [2.05, 4.69) is 134 Å². The highest BCUT2D eigenvalue weighted by molar-refractivity contribution is 7.16. The molecule has 0 fully saturated rings. The molecule has 0 N–H and O–H groups in total. The minimum Gasteiger partial charge on any atom is -0.312 e. The summed E-state index contributed by atoms with van der Waals surface area (Å²) in [6.45, 7) is 9.67. The van der Waals surface area contributed by atoms with Crippen molar-refractivity contribution in [1.29, 1.82) is 0 Å². The Hall–Kier alpha value is -4.08. The molecule has 0 atom stereocenters. The molecule has 2 aliphatic carbocycles. The fourth-order valence-corrected chi connectivity index (χ4v) is 9.56. The predicted molar refractivity (Wildman–Crippen MR) is 183 cm³/mol. The number of aromatic nitrogens is 1. The highest BCUT2D eigenvalue weighted by Crippen LogP contribution is 2.61. The van der Waals surface area contributed by atoms with Gasteiger partial charge < -0.3 is 9.47 Å². The number of hydrogen-bond acceptors (Lipinski definition) is 2. The van der Waals surface area contributed by atoms with Crippen LogP contribution in [0.1, 0.15) is 74.2 Å². The van der Waals surface area contributed by atoms with Gasteiger partial charge in [-0.05, 0) is 83.9 Å². The molecule has 2 aromatic heterocycles. The Bertz CT molecular complexity index is 2070. The number of aryl methyl sites for hydroxylation is 1. The monoisotopic (exact) mass is 576 g/mol. The summed E-state index contributed by atoms with van der Waals surface area (Å²) in [4.78, 5) is 5.46. The Balaban J connectivity index is 1.19. The smallest absolute Gasteiger partial charge is 0.0613 e. The predicted octanol–water partition coefficient (Wildman–Crippen LogP) is 11.0. The maximum Gasteiger partial charge on any atom is 0.0613 e. The second kappa shape index (κ2) is 8.74. The zero-order valence-electron chi connectivity index (χ0n) is 25.4. The Morgan fingerprint density at radius 1 is 0.744 bits per heavy atom. The fraction of sp³-hybridized carbons (Fsp3) is 0.250. The molecule has 2 aliphatic heterocycles. The first-order valence-corrected chi connectivity index (χ1v) is 16.6. The van der Waals surface area contributed by atoms with E-state index in [1.807, 2.05) is 11.3 Å². The molecule has 0 spiro atoms. The van der Waals surface area contributed by atoms with Crippen LogP contribution in [-0.4, -0.2) is 4.57 Å². The molecule has 4 heterocycles. The number of allylic oxidation sites excluding steroid dienone is 5. The molecule has 3 heteroatoms. The largest absolute Gasteiger partial charge is 0.312 e. The Kier molecular flexibility index (Phi) is 5.16. The molecule has 9 rings (SSSR count). The van der Waals surface area contributed by atoms with Crippen LogP contribution in [-0.2, 0) is 17.3 Å². The number of benzene rings is 3. The normalized spacial score (nSPS) is 18.8. The van der Waals surface area contributed by atoms with Crippen molar-refractivity contribution in [2.45, 2.75) is 64.2 Å². The summed E-state index contributed by atoms with van der Waals surface area (Å²) in [7, 11) is 0. The lowest BCUT2D eigenvalue weighted by atomic mass is 9.67. The first kappa shape index (κ1) is 25.4. The molecule has 0 bridgehead atoms. The lowest BCUT2D eigenvalue weighted by Crippen LogP contribution is -2.40. The van der Waals surface area contributed by atoms with Crippen LogP contribution >= 0.6 is 11.3 Å². The Morgan fingerprint density at radius 3 is 2.33 bits per heavy atom. The Labute approximate surface area is 258 Å². The standard InChI is InChI=1S/C40H36N2S/c1-39(2)29-14-7-10-19-34(29)42-35-24-36(43-38(35)40(3,4)31-16-11-15-30(39)37(31)42)25-20-22-26(23-21-25)41-32-17-8-5-12-27(32)28-13-6-9-18-33(28)41/h5,7-9,11-12,14-18,20-24H,6,10,13,19H2,1-4H3. The van der Waals surface area contributed by atoms with Crippen molar-refractivity contribution in [3.05, 3.63) is 130 Å². The molecule has 4 aliphatic rings. The van der Waals surface area contributed by atoms with Gasteiger partial charge in [-0.3, -0.25) is 0 Å². The number of nitrogens with zero attached hydrogens (tertiary/aromatic N) is 2. The van der Waals surface area contributed by atoms with Gasteiger partial charge in [0.15, 0.2) is 0 Å². The third-order valence-corrected chi connectivity index (χ3v) is 12.0. The van der Waals surface area contributed by atoms with Crippen LogP contribution in [0.3, 0.4) is 0 Å². The lowest BCUT2D eigenvalue weighted by Gasteiger charge is -2.49. The summed E-state index contributed by atoms with van der Waals surface area (Å²) >= 11 is 1.98. The van der Waals surface area contributed by atoms with Crippen molar-refractivity contribution in [3.8, 4) is 16.1 Å². The fourth-order valence-electron chi connectivity index (χ4n) is 8.29. The first-order valence-electron chi connectivity index (χ1n) is 15.7. The Morgan fingerprint density at radius 2 is 1.49 bits per heavy atom. The topological polar surface area (TPSA) is 8.17 Å². The molecule has 2 nitrogen and oxygen atoms in total. The van der Waals surface area contributed by atoms with E-state index in [9.17, 15) is 0 Å². The molecule has 3 aromatic carbocycles. The van der Waals surface area contributed by atoms with Gasteiger partial charge in [0.05, 0.1) is 16.9 Å². The number of thiophene rings is 1. The SMILES string of the molecule is CC1(C)C2=C(CCC=C2)N2c3cc(-c4ccc(-n5c6c(c7ccccc75)CCC=C6)cc4)sc3C(C)(C)c3cccc1c32. The molecule has 0 saturated heterocycles. The van der Waals surface area contributed by atoms with Crippen LogP contribution in [0.15, 0.2) is 102 Å². The average Bonchev–Trinajstić information content (AvgIpc) is 3.62. The highest BCUT2D eigenvalue weighted by atomic mass is 32.1. The molecular weight excluding hydrogens is 541 g/mol. The van der Waals surface area contributed by atoms with Crippen molar-refractivity contribution in [3.63, 3.8) is 0 Å². The number of para-hydroxylation sites is 2. The van der Waals surface area contributed by atoms with Crippen molar-refractivity contribution >= 4 is 39.7 Å². The summed E-state index contributed by atoms with van der Waals surface area (Å²) in [5.74, 6) is 0. The van der Waals surface area contributed by atoms with Gasteiger partial charge in [0.1, 0.15) is 0 Å². The van der Waals surface area contributed by atoms with Crippen molar-refractivity contribution in [1.82, 2.24) is 4.57 Å². The van der Waals surface area contributed by atoms with E-state index in [4.69, 9.17) is 0 Å². The van der Waals surface area contributed by atoms with Gasteiger partial charge >= 0.3 is 0 Å². The minimum atomic E-state index is -0.0614. The summed E-state index contributed by atoms with van der Waals surface area (Å²) < 4.78 is 2.45. The van der Waals surface area contributed by atoms with Crippen LogP contribution in [0.5, 0.6) is 0 Å². The van der Waals surface area contributed by atoms with E-state index < -0.39 is 0 Å². The van der Waals surface area contributed by atoms with Gasteiger partial charge in [-0.1, -0.05) is 94.5 Å². The number of hydrogen-bond donors (Lipinski definition) is 0. The van der Waals surface area contributed by atoms with Gasteiger partial charge in [-0.2, -0.15) is 0 Å². The second-order valence-corrected chi connectivity index (χ2v) is 14.7. The van der Waals surface area contributed by atoms with E-state index in [1.54, 1.807) is 0 Å². The molecule has 0 saturated carbocycles. The van der Waals surface area contributed by atoms with Gasteiger partial charge in [0, 0.05) is 43.0 Å². The maximum absolute atomic E-state index is 2.65. The molecule has 5 aromatic rings. The van der Waals surface area contributed by atoms with Gasteiger partial charge in [0.25, 0.3) is 0 Å². The average molecular weight is 577 g/mol. The van der Waals surface area contributed by atoms with Gasteiger partial charge in [-0.25, -0.2) is 0 Å². The summed E-state index contributed by atoms with van der Waals surface area (Å²) in [5.41, 5.74) is 15.2. The van der Waals surface area contributed by atoms with Crippen LogP contribution in [0.4, 0.5) is 11.4 Å². The molecular formula is C40H36N2S. The van der Waals surface area contributed by atoms with E-state index in [-0.39, 0.29) is 10.8 Å². The third-order valence-electron chi connectivity index (χ3n) is 10.5. The molecule has 0 radical (unpaired) electrons. The van der Waals surface area contributed by atoms with E-state index in [0.717, 1.165) is 25.7 Å². The van der Waals surface area contributed by atoms with Crippen molar-refractivity contribution in [2.75, 3.05) is 4.90 Å². The minimum absolute atomic E-state index is 0.00657. The van der Waals surface area contributed by atoms with Crippen LogP contribution in [0, 0.1) is 0 Å². The number of fused-ring (bicyclic) bond motifs is 6. The summed E-state index contributed by atoms with van der Waals surface area (Å²) in [6.07, 6.45) is 13.8. The first-order chi connectivity index (χ1) is 20.9. The molecule has 43 heavy (non-hydrogen) atoms. The summed E-state index contributed by atoms with van der Waals surface area (Å²) in [5, 5.41) is 1.38. The highest BCUT2D eigenvalue weighted by Gasteiger charge is 2.47. The maximum atomic E-state index is 2.65. The van der Waals surface area contributed by atoms with Gasteiger partial charge in [-0.15, -0.1) is 11.3 Å². The van der Waals surface area contributed by atoms with E-state index in [0.29, 0.717) is 0 Å². The van der Waals surface area contributed by atoms with Crippen molar-refractivity contribution < 1.29 is 0 Å². The summed E-state index contributed by atoms with van der Waals surface area (Å²) in [6, 6.07) is 27.7. The second-order valence-electron chi connectivity index (χ2n) is 13.6. The third kappa shape index (κ3) is 3.35. The van der Waals surface area contributed by atoms with Crippen LogP contribution in [0.2, 0.25) is 0 Å². The quantitative estimate of drug-likeness (QED) is 0.203. The van der Waals surface area contributed by atoms with Gasteiger partial charge in [0.2, 0.25) is 0 Å². The molecule has 0 unspecified atom stereocenters. The molecule has 212 valence electrons. The number of anilines is 2. The van der Waals surface area contributed by atoms with E-state index >= 15 is 0 Å². The van der Waals surface area contributed by atoms with Crippen LogP contribution in [0.25, 0.3) is 33.1 Å². The lowest BCUT2D eigenvalue weighted by molar-refractivity contribution is 0.581. The zero-order chi connectivity index (χ0) is 29.1. The zero-order valence-corrected chi connectivity index (χ0v) is 26.2. The molecule has 0 amide bonds. The van der Waals surface area contributed by atoms with E-state index in [1.165, 1.54) is 76.9 Å². The number of rotatable bonds is 2.